The standard InChI is InChI=1S/C8H9BrClN3O/c1-4(7(11)14)13-8-6(9)2-5(10)3-12-8/h2-4H,1H3,(H2,11,14)(H,12,13). The van der Waals surface area contributed by atoms with Crippen molar-refractivity contribution in [3.63, 3.8) is 0 Å². The number of hydrogen-bond acceptors (Lipinski definition) is 3. The number of primary amides is 1. The van der Waals surface area contributed by atoms with Crippen molar-refractivity contribution in [2.45, 2.75) is 13.0 Å². The molecule has 1 unspecified atom stereocenters. The normalized spacial score (nSPS) is 12.2. The van der Waals surface area contributed by atoms with Crippen molar-refractivity contribution in [2.75, 3.05) is 5.32 Å². The molecule has 0 bridgehead atoms. The van der Waals surface area contributed by atoms with E-state index in [4.69, 9.17) is 17.3 Å². The molecule has 0 aliphatic carbocycles. The van der Waals surface area contributed by atoms with Gasteiger partial charge in [-0.05, 0) is 28.9 Å². The summed E-state index contributed by atoms with van der Waals surface area (Å²) in [5.41, 5.74) is 5.09. The lowest BCUT2D eigenvalue weighted by atomic mass is 10.3. The minimum atomic E-state index is -0.472. The second-order valence-corrected chi connectivity index (χ2v) is 4.04. The third kappa shape index (κ3) is 2.85. The number of carbonyl (C=O) groups is 1. The maximum atomic E-state index is 10.8. The molecule has 1 amide bonds. The molecule has 1 aromatic heterocycles. The Morgan fingerprint density at radius 1 is 1.79 bits per heavy atom. The Hall–Kier alpha value is -0.810. The molecule has 1 heterocycles. The van der Waals surface area contributed by atoms with Crippen LogP contribution in [0.15, 0.2) is 16.7 Å². The average Bonchev–Trinajstić information content (AvgIpc) is 2.09. The van der Waals surface area contributed by atoms with Gasteiger partial charge in [0.05, 0.1) is 9.50 Å². The van der Waals surface area contributed by atoms with Gasteiger partial charge in [-0.15, -0.1) is 0 Å². The predicted molar refractivity (Wildman–Crippen MR) is 59.2 cm³/mol. The quantitative estimate of drug-likeness (QED) is 0.885. The molecular formula is C8H9BrClN3O. The molecule has 14 heavy (non-hydrogen) atoms. The maximum absolute atomic E-state index is 10.8. The first-order chi connectivity index (χ1) is 6.50. The zero-order valence-electron chi connectivity index (χ0n) is 7.42. The van der Waals surface area contributed by atoms with Gasteiger partial charge in [-0.1, -0.05) is 11.6 Å². The molecule has 0 saturated carbocycles. The van der Waals surface area contributed by atoms with Gasteiger partial charge in [-0.25, -0.2) is 4.98 Å². The Balaban J connectivity index is 2.82. The summed E-state index contributed by atoms with van der Waals surface area (Å²) in [4.78, 5) is 14.8. The zero-order valence-corrected chi connectivity index (χ0v) is 9.76. The fourth-order valence-electron chi connectivity index (χ4n) is 0.797. The topological polar surface area (TPSA) is 68.0 Å². The van der Waals surface area contributed by atoms with Gasteiger partial charge in [-0.2, -0.15) is 0 Å². The van der Waals surface area contributed by atoms with Gasteiger partial charge in [0.1, 0.15) is 11.9 Å². The molecule has 4 nitrogen and oxygen atoms in total. The van der Waals surface area contributed by atoms with E-state index in [9.17, 15) is 4.79 Å². The van der Waals surface area contributed by atoms with Gasteiger partial charge < -0.3 is 11.1 Å². The van der Waals surface area contributed by atoms with E-state index in [0.717, 1.165) is 0 Å². The highest BCUT2D eigenvalue weighted by Crippen LogP contribution is 2.23. The lowest BCUT2D eigenvalue weighted by molar-refractivity contribution is -0.118. The number of amides is 1. The first-order valence-corrected chi connectivity index (χ1v) is 5.04. The Bertz CT molecular complexity index is 358. The summed E-state index contributed by atoms with van der Waals surface area (Å²) in [6.07, 6.45) is 1.49. The van der Waals surface area contributed by atoms with Crippen LogP contribution < -0.4 is 11.1 Å². The van der Waals surface area contributed by atoms with Gasteiger partial charge in [0.25, 0.3) is 0 Å². The molecule has 76 valence electrons. The van der Waals surface area contributed by atoms with Crippen LogP contribution in [0, 0.1) is 0 Å². The second kappa shape index (κ2) is 4.61. The number of aromatic nitrogens is 1. The SMILES string of the molecule is CC(Nc1ncc(Cl)cc1Br)C(N)=O. The second-order valence-electron chi connectivity index (χ2n) is 2.75. The van der Waals surface area contributed by atoms with Gasteiger partial charge >= 0.3 is 0 Å². The Labute approximate surface area is 95.0 Å². The van der Waals surface area contributed by atoms with Crippen LogP contribution in [0.3, 0.4) is 0 Å². The van der Waals surface area contributed by atoms with Crippen molar-refractivity contribution in [3.8, 4) is 0 Å². The number of nitrogens with zero attached hydrogens (tertiary/aromatic N) is 1. The fourth-order valence-corrected chi connectivity index (χ4v) is 1.55. The number of anilines is 1. The highest BCUT2D eigenvalue weighted by Gasteiger charge is 2.10. The van der Waals surface area contributed by atoms with Crippen LogP contribution in [0.1, 0.15) is 6.92 Å². The number of halogens is 2. The highest BCUT2D eigenvalue weighted by atomic mass is 79.9. The number of hydrogen-bond donors (Lipinski definition) is 2. The zero-order chi connectivity index (χ0) is 10.7. The van der Waals surface area contributed by atoms with Gasteiger partial charge in [0.15, 0.2) is 0 Å². The Morgan fingerprint density at radius 3 is 2.93 bits per heavy atom. The summed E-state index contributed by atoms with van der Waals surface area (Å²) in [6.45, 7) is 1.66. The van der Waals surface area contributed by atoms with Crippen molar-refractivity contribution >= 4 is 39.3 Å². The van der Waals surface area contributed by atoms with E-state index in [0.29, 0.717) is 15.3 Å². The van der Waals surface area contributed by atoms with Crippen LogP contribution in [0.2, 0.25) is 5.02 Å². The van der Waals surface area contributed by atoms with E-state index in [2.05, 4.69) is 26.2 Å². The monoisotopic (exact) mass is 277 g/mol. The van der Waals surface area contributed by atoms with Crippen molar-refractivity contribution in [2.24, 2.45) is 5.73 Å². The molecule has 0 aliphatic heterocycles. The lowest BCUT2D eigenvalue weighted by Gasteiger charge is -2.11. The molecule has 1 atom stereocenters. The predicted octanol–water partition coefficient (Wildman–Crippen LogP) is 1.78. The maximum Gasteiger partial charge on any atom is 0.239 e. The van der Waals surface area contributed by atoms with E-state index >= 15 is 0 Å². The molecule has 0 spiro atoms. The third-order valence-electron chi connectivity index (χ3n) is 1.59. The van der Waals surface area contributed by atoms with Gasteiger partial charge in [0, 0.05) is 6.20 Å². The van der Waals surface area contributed by atoms with Crippen LogP contribution in [-0.4, -0.2) is 16.9 Å². The van der Waals surface area contributed by atoms with Crippen LogP contribution in [0.5, 0.6) is 0 Å². The van der Waals surface area contributed by atoms with E-state index in [1.165, 1.54) is 6.20 Å². The molecular weight excluding hydrogens is 269 g/mol. The van der Waals surface area contributed by atoms with E-state index in [1.54, 1.807) is 13.0 Å². The van der Waals surface area contributed by atoms with Gasteiger partial charge in [0.2, 0.25) is 5.91 Å². The summed E-state index contributed by atoms with van der Waals surface area (Å²) in [6, 6.07) is 1.21. The van der Waals surface area contributed by atoms with Crippen molar-refractivity contribution < 1.29 is 4.79 Å². The van der Waals surface area contributed by atoms with Crippen LogP contribution in [0.4, 0.5) is 5.82 Å². The average molecular weight is 279 g/mol. The van der Waals surface area contributed by atoms with Crippen molar-refractivity contribution in [1.82, 2.24) is 4.98 Å². The summed E-state index contributed by atoms with van der Waals surface area (Å²) in [5, 5.41) is 3.37. The van der Waals surface area contributed by atoms with Crippen molar-refractivity contribution in [3.05, 3.63) is 21.8 Å². The molecule has 0 radical (unpaired) electrons. The van der Waals surface area contributed by atoms with Crippen LogP contribution in [0.25, 0.3) is 0 Å². The molecule has 0 aromatic carbocycles. The van der Waals surface area contributed by atoms with Crippen LogP contribution >= 0.6 is 27.5 Å². The first-order valence-electron chi connectivity index (χ1n) is 3.87. The number of nitrogens with two attached hydrogens (primary N) is 1. The largest absolute Gasteiger partial charge is 0.368 e. The highest BCUT2D eigenvalue weighted by molar-refractivity contribution is 9.10. The summed E-state index contributed by atoms with van der Waals surface area (Å²) in [5.74, 6) is 0.106. The Kier molecular flexibility index (Phi) is 3.71. The molecule has 3 N–H and O–H groups in total. The number of carbonyl (C=O) groups excluding carboxylic acids is 1. The third-order valence-corrected chi connectivity index (χ3v) is 2.40. The lowest BCUT2D eigenvalue weighted by Crippen LogP contribution is -2.32. The Morgan fingerprint density at radius 2 is 2.43 bits per heavy atom. The summed E-state index contributed by atoms with van der Waals surface area (Å²) < 4.78 is 0.693. The minimum absolute atomic E-state index is 0.436. The molecule has 6 heteroatoms. The number of rotatable bonds is 3. The number of nitrogens with one attached hydrogen (secondary N) is 1. The van der Waals surface area contributed by atoms with Crippen LogP contribution in [-0.2, 0) is 4.79 Å². The summed E-state index contributed by atoms with van der Waals surface area (Å²) in [7, 11) is 0. The molecule has 0 saturated heterocycles. The van der Waals surface area contributed by atoms with E-state index < -0.39 is 11.9 Å². The fraction of sp³-hybridized carbons (Fsp3) is 0.250. The minimum Gasteiger partial charge on any atom is -0.368 e. The first kappa shape index (κ1) is 11.3. The molecule has 0 aliphatic rings. The molecule has 1 aromatic rings. The van der Waals surface area contributed by atoms with E-state index in [1.807, 2.05) is 0 Å². The number of pyridine rings is 1. The van der Waals surface area contributed by atoms with Crippen molar-refractivity contribution in [1.29, 1.82) is 0 Å². The summed E-state index contributed by atoms with van der Waals surface area (Å²) >= 11 is 8.97. The molecule has 0 fully saturated rings. The molecule has 1 rings (SSSR count). The van der Waals surface area contributed by atoms with Gasteiger partial charge in [-0.3, -0.25) is 4.79 Å². The smallest absolute Gasteiger partial charge is 0.239 e. The van der Waals surface area contributed by atoms with E-state index in [-0.39, 0.29) is 0 Å².